The lowest BCUT2D eigenvalue weighted by Crippen LogP contribution is -2.28. The molecule has 4 nitrogen and oxygen atoms in total. The molecule has 0 fully saturated rings. The second-order valence-corrected chi connectivity index (χ2v) is 5.98. The molecule has 0 aliphatic rings. The van der Waals surface area contributed by atoms with Crippen molar-refractivity contribution < 1.29 is 21.6 Å². The van der Waals surface area contributed by atoms with Crippen LogP contribution in [-0.4, -0.2) is 21.1 Å². The van der Waals surface area contributed by atoms with E-state index in [2.05, 4.69) is 0 Å². The average molecular weight is 296 g/mol. The van der Waals surface area contributed by atoms with Gasteiger partial charge in [0.15, 0.2) is 0 Å². The smallest absolute Gasteiger partial charge is 0.390 e. The number of aryl methyl sites for hydroxylation is 1. The largest absolute Gasteiger partial charge is 0.398 e. The third-order valence-corrected chi connectivity index (χ3v) is 4.13. The van der Waals surface area contributed by atoms with Gasteiger partial charge < -0.3 is 5.73 Å². The summed E-state index contributed by atoms with van der Waals surface area (Å²) in [5.74, 6) is 0. The van der Waals surface area contributed by atoms with Crippen LogP contribution in [0.1, 0.15) is 17.5 Å². The summed E-state index contributed by atoms with van der Waals surface area (Å²) in [6.07, 6.45) is -5.61. The van der Waals surface area contributed by atoms with Crippen LogP contribution in [0.3, 0.4) is 0 Å². The molecule has 1 rings (SSSR count). The highest BCUT2D eigenvalue weighted by Crippen LogP contribution is 2.22. The average Bonchev–Trinajstić information content (AvgIpc) is 2.22. The van der Waals surface area contributed by atoms with Crippen LogP contribution in [-0.2, 0) is 10.0 Å². The Labute approximate surface area is 109 Å². The highest BCUT2D eigenvalue weighted by atomic mass is 32.2. The monoisotopic (exact) mass is 296 g/mol. The van der Waals surface area contributed by atoms with E-state index in [4.69, 9.17) is 5.73 Å². The van der Waals surface area contributed by atoms with Crippen molar-refractivity contribution in [3.05, 3.63) is 23.3 Å². The Bertz CT molecular complexity index is 545. The quantitative estimate of drug-likeness (QED) is 0.836. The number of halogens is 3. The van der Waals surface area contributed by atoms with Gasteiger partial charge in [0.2, 0.25) is 10.0 Å². The van der Waals surface area contributed by atoms with Crippen LogP contribution < -0.4 is 10.5 Å². The number of nitrogens with one attached hydrogen (secondary N) is 1. The van der Waals surface area contributed by atoms with Gasteiger partial charge in [-0.1, -0.05) is 0 Å². The van der Waals surface area contributed by atoms with Gasteiger partial charge in [-0.25, -0.2) is 13.1 Å². The summed E-state index contributed by atoms with van der Waals surface area (Å²) >= 11 is 0. The molecule has 0 saturated heterocycles. The van der Waals surface area contributed by atoms with Crippen LogP contribution >= 0.6 is 0 Å². The first kappa shape index (κ1) is 15.8. The highest BCUT2D eigenvalue weighted by Gasteiger charge is 2.27. The number of hydrogen-bond donors (Lipinski definition) is 2. The molecule has 108 valence electrons. The fraction of sp³-hybridized carbons (Fsp3) is 0.455. The van der Waals surface area contributed by atoms with Gasteiger partial charge in [-0.15, -0.1) is 0 Å². The molecule has 0 aromatic heterocycles. The lowest BCUT2D eigenvalue weighted by molar-refractivity contribution is -0.132. The molecule has 0 atom stereocenters. The van der Waals surface area contributed by atoms with Crippen LogP contribution in [0.25, 0.3) is 0 Å². The molecule has 1 aromatic rings. The Morgan fingerprint density at radius 1 is 1.26 bits per heavy atom. The topological polar surface area (TPSA) is 72.2 Å². The second kappa shape index (κ2) is 5.38. The van der Waals surface area contributed by atoms with Gasteiger partial charge in [0, 0.05) is 12.2 Å². The van der Waals surface area contributed by atoms with Gasteiger partial charge in [0.1, 0.15) is 0 Å². The molecular weight excluding hydrogens is 281 g/mol. The van der Waals surface area contributed by atoms with E-state index in [1.54, 1.807) is 13.8 Å². The Balaban J connectivity index is 2.90. The first-order valence-electron chi connectivity index (χ1n) is 5.46. The fourth-order valence-electron chi connectivity index (χ4n) is 1.42. The summed E-state index contributed by atoms with van der Waals surface area (Å²) in [5, 5.41) is 0. The van der Waals surface area contributed by atoms with E-state index in [0.717, 1.165) is 5.56 Å². The first-order valence-corrected chi connectivity index (χ1v) is 6.94. The van der Waals surface area contributed by atoms with Gasteiger partial charge in [-0.3, -0.25) is 0 Å². The maximum Gasteiger partial charge on any atom is 0.390 e. The third-order valence-electron chi connectivity index (χ3n) is 2.69. The normalized spacial score (nSPS) is 12.7. The molecule has 0 saturated carbocycles. The summed E-state index contributed by atoms with van der Waals surface area (Å²) < 4.78 is 61.4. The SMILES string of the molecule is Cc1cc(S(=O)(=O)NCCC(F)(F)F)cc(N)c1C. The molecule has 0 spiro atoms. The van der Waals surface area contributed by atoms with Crippen LogP contribution in [0.15, 0.2) is 17.0 Å². The van der Waals surface area contributed by atoms with E-state index in [1.807, 2.05) is 4.72 Å². The Morgan fingerprint density at radius 2 is 1.84 bits per heavy atom. The van der Waals surface area contributed by atoms with Crippen molar-refractivity contribution in [3.8, 4) is 0 Å². The molecule has 0 aliphatic carbocycles. The molecule has 19 heavy (non-hydrogen) atoms. The fourth-order valence-corrected chi connectivity index (χ4v) is 2.57. The van der Waals surface area contributed by atoms with E-state index in [0.29, 0.717) is 5.56 Å². The zero-order chi connectivity index (χ0) is 14.8. The first-order chi connectivity index (χ1) is 8.53. The molecule has 0 radical (unpaired) electrons. The molecule has 0 bridgehead atoms. The van der Waals surface area contributed by atoms with E-state index in [1.165, 1.54) is 12.1 Å². The van der Waals surface area contributed by atoms with Gasteiger partial charge in [-0.2, -0.15) is 13.2 Å². The number of rotatable bonds is 4. The summed E-state index contributed by atoms with van der Waals surface area (Å²) in [7, 11) is -3.97. The molecule has 1 aromatic carbocycles. The number of anilines is 1. The molecular formula is C11H15F3N2O2S. The van der Waals surface area contributed by atoms with E-state index < -0.39 is 29.2 Å². The minimum absolute atomic E-state index is 0.129. The Kier molecular flexibility index (Phi) is 4.46. The van der Waals surface area contributed by atoms with Gasteiger partial charge in [0.05, 0.1) is 11.3 Å². The third kappa shape index (κ3) is 4.39. The maximum absolute atomic E-state index is 12.0. The predicted molar refractivity (Wildman–Crippen MR) is 66.2 cm³/mol. The number of nitrogen functional groups attached to an aromatic ring is 1. The molecule has 3 N–H and O–H groups in total. The lowest BCUT2D eigenvalue weighted by Gasteiger charge is -2.11. The van der Waals surface area contributed by atoms with E-state index in [9.17, 15) is 21.6 Å². The molecule has 0 amide bonds. The van der Waals surface area contributed by atoms with Crippen LogP contribution in [0.5, 0.6) is 0 Å². The van der Waals surface area contributed by atoms with Gasteiger partial charge in [-0.05, 0) is 37.1 Å². The zero-order valence-corrected chi connectivity index (χ0v) is 11.3. The van der Waals surface area contributed by atoms with Crippen LogP contribution in [0.4, 0.5) is 18.9 Å². The van der Waals surface area contributed by atoms with Crippen molar-refractivity contribution in [1.82, 2.24) is 4.72 Å². The Morgan fingerprint density at radius 3 is 2.32 bits per heavy atom. The Hall–Kier alpha value is -1.28. The maximum atomic E-state index is 12.0. The zero-order valence-electron chi connectivity index (χ0n) is 10.5. The predicted octanol–water partition coefficient (Wildman–Crippen LogP) is 2.12. The number of nitrogens with two attached hydrogens (primary N) is 1. The summed E-state index contributed by atoms with van der Waals surface area (Å²) in [5.41, 5.74) is 7.34. The summed E-state index contributed by atoms with van der Waals surface area (Å²) in [4.78, 5) is -0.129. The van der Waals surface area contributed by atoms with Crippen molar-refractivity contribution in [2.24, 2.45) is 0 Å². The van der Waals surface area contributed by atoms with Crippen molar-refractivity contribution in [1.29, 1.82) is 0 Å². The van der Waals surface area contributed by atoms with E-state index in [-0.39, 0.29) is 10.6 Å². The van der Waals surface area contributed by atoms with Crippen LogP contribution in [0, 0.1) is 13.8 Å². The number of sulfonamides is 1. The van der Waals surface area contributed by atoms with Crippen LogP contribution in [0.2, 0.25) is 0 Å². The number of hydrogen-bond acceptors (Lipinski definition) is 3. The standard InChI is InChI=1S/C11H15F3N2O2S/c1-7-5-9(6-10(15)8(7)2)19(17,18)16-4-3-11(12,13)14/h5-6,16H,3-4,15H2,1-2H3. The lowest BCUT2D eigenvalue weighted by atomic mass is 10.1. The molecule has 0 aliphatic heterocycles. The summed E-state index contributed by atoms with van der Waals surface area (Å²) in [6.45, 7) is 2.72. The summed E-state index contributed by atoms with van der Waals surface area (Å²) in [6, 6.07) is 2.61. The molecule has 8 heteroatoms. The number of alkyl halides is 3. The van der Waals surface area contributed by atoms with Crippen molar-refractivity contribution in [2.45, 2.75) is 31.3 Å². The molecule has 0 heterocycles. The van der Waals surface area contributed by atoms with E-state index >= 15 is 0 Å². The van der Waals surface area contributed by atoms with Crippen molar-refractivity contribution in [3.63, 3.8) is 0 Å². The second-order valence-electron chi connectivity index (χ2n) is 4.22. The number of benzene rings is 1. The molecule has 0 unspecified atom stereocenters. The van der Waals surface area contributed by atoms with Crippen molar-refractivity contribution >= 4 is 15.7 Å². The minimum Gasteiger partial charge on any atom is -0.398 e. The van der Waals surface area contributed by atoms with Gasteiger partial charge in [0.25, 0.3) is 0 Å². The minimum atomic E-state index is -4.40. The van der Waals surface area contributed by atoms with Crippen molar-refractivity contribution in [2.75, 3.05) is 12.3 Å². The highest BCUT2D eigenvalue weighted by molar-refractivity contribution is 7.89. The van der Waals surface area contributed by atoms with Gasteiger partial charge >= 0.3 is 6.18 Å².